The Balaban J connectivity index is 2.75. The van der Waals surface area contributed by atoms with Crippen molar-refractivity contribution < 1.29 is 18.3 Å². The minimum atomic E-state index is -3.62. The maximum Gasteiger partial charge on any atom is 0.244 e. The van der Waals surface area contributed by atoms with Gasteiger partial charge in [-0.25, -0.2) is 8.42 Å². The molecule has 0 bridgehead atoms. The smallest absolute Gasteiger partial charge is 0.244 e. The van der Waals surface area contributed by atoms with Crippen LogP contribution >= 0.6 is 0 Å². The number of carbonyl (C=O) groups excluding carboxylic acids is 1. The van der Waals surface area contributed by atoms with Crippen LogP contribution in [-0.2, 0) is 14.6 Å². The van der Waals surface area contributed by atoms with Crippen molar-refractivity contribution in [3.63, 3.8) is 0 Å². The molecule has 1 rings (SSSR count). The van der Waals surface area contributed by atoms with Crippen molar-refractivity contribution in [1.29, 1.82) is 0 Å². The van der Waals surface area contributed by atoms with Crippen LogP contribution in [0.15, 0.2) is 46.7 Å². The lowest BCUT2D eigenvalue weighted by molar-refractivity contribution is -0.117. The molecule has 1 aromatic carbocycles. The van der Waals surface area contributed by atoms with Crippen LogP contribution in [0.5, 0.6) is 0 Å². The molecule has 1 atom stereocenters. The Morgan fingerprint density at radius 2 is 1.90 bits per heavy atom. The molecule has 1 amide bonds. The van der Waals surface area contributed by atoms with E-state index in [1.54, 1.807) is 18.2 Å². The average Bonchev–Trinajstić information content (AvgIpc) is 2.43. The van der Waals surface area contributed by atoms with Gasteiger partial charge in [0.2, 0.25) is 5.91 Å². The third-order valence-corrected chi connectivity index (χ3v) is 4.22. The predicted octanol–water partition coefficient (Wildman–Crippen LogP) is 1.11. The van der Waals surface area contributed by atoms with Gasteiger partial charge in [0, 0.05) is 11.5 Å². The van der Waals surface area contributed by atoms with Gasteiger partial charge in [0.25, 0.3) is 0 Å². The maximum absolute atomic E-state index is 11.9. The average molecular weight is 297 g/mol. The number of amides is 1. The van der Waals surface area contributed by atoms with E-state index >= 15 is 0 Å². The van der Waals surface area contributed by atoms with E-state index in [1.807, 2.05) is 13.8 Å². The number of benzene rings is 1. The highest BCUT2D eigenvalue weighted by atomic mass is 32.2. The third kappa shape index (κ3) is 4.79. The van der Waals surface area contributed by atoms with Crippen LogP contribution in [0.2, 0.25) is 0 Å². The molecular weight excluding hydrogens is 278 g/mol. The van der Waals surface area contributed by atoms with Gasteiger partial charge in [-0.05, 0) is 18.1 Å². The van der Waals surface area contributed by atoms with Gasteiger partial charge < -0.3 is 10.4 Å². The van der Waals surface area contributed by atoms with Crippen LogP contribution in [0.25, 0.3) is 0 Å². The first-order chi connectivity index (χ1) is 9.36. The van der Waals surface area contributed by atoms with Crippen molar-refractivity contribution >= 4 is 15.7 Å². The molecule has 20 heavy (non-hydrogen) atoms. The monoisotopic (exact) mass is 297 g/mol. The highest BCUT2D eigenvalue weighted by Gasteiger charge is 2.14. The molecule has 0 spiro atoms. The lowest BCUT2D eigenvalue weighted by Gasteiger charge is -2.18. The summed E-state index contributed by atoms with van der Waals surface area (Å²) in [5, 5.41) is 12.5. The SMILES string of the molecule is CC(C)C(CO)NC(=O)C=CS(=O)(=O)c1ccccc1. The van der Waals surface area contributed by atoms with Crippen LogP contribution in [0.4, 0.5) is 0 Å². The second kappa shape index (κ2) is 7.21. The third-order valence-electron chi connectivity index (χ3n) is 2.80. The van der Waals surface area contributed by atoms with E-state index in [0.717, 1.165) is 11.5 Å². The Bertz CT molecular complexity index is 564. The van der Waals surface area contributed by atoms with Gasteiger partial charge in [0.05, 0.1) is 17.5 Å². The van der Waals surface area contributed by atoms with Crippen molar-refractivity contribution in [2.75, 3.05) is 6.61 Å². The van der Waals surface area contributed by atoms with Crippen molar-refractivity contribution in [1.82, 2.24) is 5.32 Å². The zero-order chi connectivity index (χ0) is 15.2. The number of sulfone groups is 1. The molecule has 6 heteroatoms. The number of nitrogens with one attached hydrogen (secondary N) is 1. The van der Waals surface area contributed by atoms with Gasteiger partial charge in [-0.3, -0.25) is 4.79 Å². The minimum Gasteiger partial charge on any atom is -0.394 e. The number of aliphatic hydroxyl groups is 1. The summed E-state index contributed by atoms with van der Waals surface area (Å²) in [5.41, 5.74) is 0. The molecule has 0 saturated heterocycles. The summed E-state index contributed by atoms with van der Waals surface area (Å²) in [7, 11) is -3.62. The normalized spacial score (nSPS) is 13.6. The molecule has 1 aromatic rings. The standard InChI is InChI=1S/C14H19NO4S/c1-11(2)13(10-16)15-14(17)8-9-20(18,19)12-6-4-3-5-7-12/h3-9,11,13,16H,10H2,1-2H3,(H,15,17). The van der Waals surface area contributed by atoms with E-state index in [4.69, 9.17) is 5.11 Å². The number of hydrogen-bond donors (Lipinski definition) is 2. The Kier molecular flexibility index (Phi) is 5.91. The van der Waals surface area contributed by atoms with Crippen molar-refractivity contribution in [2.45, 2.75) is 24.8 Å². The quantitative estimate of drug-likeness (QED) is 0.770. The topological polar surface area (TPSA) is 83.5 Å². The number of aliphatic hydroxyl groups excluding tert-OH is 1. The number of hydrogen-bond acceptors (Lipinski definition) is 4. The molecule has 1 unspecified atom stereocenters. The summed E-state index contributed by atoms with van der Waals surface area (Å²) in [6.07, 6.45) is 0.966. The zero-order valence-corrected chi connectivity index (χ0v) is 12.3. The lowest BCUT2D eigenvalue weighted by atomic mass is 10.1. The summed E-state index contributed by atoms with van der Waals surface area (Å²) in [4.78, 5) is 11.8. The van der Waals surface area contributed by atoms with Gasteiger partial charge >= 0.3 is 0 Å². The van der Waals surface area contributed by atoms with E-state index in [2.05, 4.69) is 5.32 Å². The molecule has 0 fully saturated rings. The van der Waals surface area contributed by atoms with Crippen LogP contribution < -0.4 is 5.32 Å². The Hall–Kier alpha value is -1.66. The minimum absolute atomic E-state index is 0.0584. The van der Waals surface area contributed by atoms with Gasteiger partial charge in [0.15, 0.2) is 9.84 Å². The lowest BCUT2D eigenvalue weighted by Crippen LogP contribution is -2.40. The molecule has 0 heterocycles. The van der Waals surface area contributed by atoms with Crippen molar-refractivity contribution in [3.8, 4) is 0 Å². The number of rotatable bonds is 6. The van der Waals surface area contributed by atoms with E-state index in [1.165, 1.54) is 12.1 Å². The molecule has 0 saturated carbocycles. The first-order valence-corrected chi connectivity index (χ1v) is 7.81. The van der Waals surface area contributed by atoms with E-state index in [-0.39, 0.29) is 17.4 Å². The Morgan fingerprint density at radius 3 is 2.40 bits per heavy atom. The Labute approximate surface area is 119 Å². The van der Waals surface area contributed by atoms with E-state index in [0.29, 0.717) is 0 Å². The molecule has 0 aliphatic carbocycles. The van der Waals surface area contributed by atoms with Gasteiger partial charge in [-0.15, -0.1) is 0 Å². The highest BCUT2D eigenvalue weighted by molar-refractivity contribution is 7.94. The predicted molar refractivity (Wildman–Crippen MR) is 76.6 cm³/mol. The molecule has 110 valence electrons. The fourth-order valence-electron chi connectivity index (χ4n) is 1.49. The summed E-state index contributed by atoms with van der Waals surface area (Å²) >= 11 is 0. The zero-order valence-electron chi connectivity index (χ0n) is 11.5. The van der Waals surface area contributed by atoms with Crippen molar-refractivity contribution in [2.24, 2.45) is 5.92 Å². The van der Waals surface area contributed by atoms with Crippen LogP contribution in [0, 0.1) is 5.92 Å². The van der Waals surface area contributed by atoms with E-state index < -0.39 is 21.8 Å². The fraction of sp³-hybridized carbons (Fsp3) is 0.357. The summed E-state index contributed by atoms with van der Waals surface area (Å²) in [5.74, 6) is -0.486. The first kappa shape index (κ1) is 16.4. The largest absolute Gasteiger partial charge is 0.394 e. The Morgan fingerprint density at radius 1 is 1.30 bits per heavy atom. The van der Waals surface area contributed by atoms with Gasteiger partial charge in [0.1, 0.15) is 0 Å². The van der Waals surface area contributed by atoms with Crippen LogP contribution in [-0.4, -0.2) is 32.1 Å². The second-order valence-corrected chi connectivity index (χ2v) is 6.54. The summed E-state index contributed by atoms with van der Waals surface area (Å²) < 4.78 is 23.8. The van der Waals surface area contributed by atoms with Crippen LogP contribution in [0.1, 0.15) is 13.8 Å². The number of carbonyl (C=O) groups is 1. The van der Waals surface area contributed by atoms with Crippen LogP contribution in [0.3, 0.4) is 0 Å². The second-order valence-electron chi connectivity index (χ2n) is 4.70. The first-order valence-electron chi connectivity index (χ1n) is 6.26. The highest BCUT2D eigenvalue weighted by Crippen LogP contribution is 2.11. The maximum atomic E-state index is 11.9. The summed E-state index contributed by atoms with van der Waals surface area (Å²) in [6.45, 7) is 3.51. The van der Waals surface area contributed by atoms with Crippen molar-refractivity contribution in [3.05, 3.63) is 41.8 Å². The van der Waals surface area contributed by atoms with E-state index in [9.17, 15) is 13.2 Å². The molecule has 0 aliphatic rings. The molecule has 0 aromatic heterocycles. The molecule has 0 radical (unpaired) electrons. The molecular formula is C14H19NO4S. The fourth-order valence-corrected chi connectivity index (χ4v) is 2.49. The molecule has 5 nitrogen and oxygen atoms in total. The van der Waals surface area contributed by atoms with Gasteiger partial charge in [-0.2, -0.15) is 0 Å². The molecule has 0 aliphatic heterocycles. The summed E-state index contributed by atoms with van der Waals surface area (Å²) in [6, 6.07) is 7.46. The molecule has 2 N–H and O–H groups in total. The van der Waals surface area contributed by atoms with Gasteiger partial charge in [-0.1, -0.05) is 32.0 Å².